The van der Waals surface area contributed by atoms with Gasteiger partial charge in [-0.1, -0.05) is 17.7 Å². The number of halogens is 2. The molecule has 1 aliphatic rings. The van der Waals surface area contributed by atoms with Crippen LogP contribution in [0.15, 0.2) is 47.7 Å². The average Bonchev–Trinajstić information content (AvgIpc) is 2.99. The first-order valence-electron chi connectivity index (χ1n) is 7.64. The predicted molar refractivity (Wildman–Crippen MR) is 94.0 cm³/mol. The van der Waals surface area contributed by atoms with Crippen LogP contribution in [0.25, 0.3) is 0 Å². The molecule has 0 spiro atoms. The Balaban J connectivity index is 1.84. The van der Waals surface area contributed by atoms with Crippen LogP contribution in [0.1, 0.15) is 11.1 Å². The molecule has 1 fully saturated rings. The van der Waals surface area contributed by atoms with E-state index in [0.29, 0.717) is 30.4 Å². The number of hydrogen-bond acceptors (Lipinski definition) is 4. The van der Waals surface area contributed by atoms with Crippen molar-refractivity contribution in [3.05, 3.63) is 74.8 Å². The van der Waals surface area contributed by atoms with Gasteiger partial charge in [0.1, 0.15) is 21.9 Å². The Kier molecular flexibility index (Phi) is 5.08. The summed E-state index contributed by atoms with van der Waals surface area (Å²) in [6.07, 6.45) is 1.58. The van der Waals surface area contributed by atoms with Gasteiger partial charge in [-0.2, -0.15) is 0 Å². The standard InChI is InChI=1S/C16H14ClFN6O2/c17-14-6-1-11(9-20-14)10-22-7-8-23(16(22)21-24(25)26)15(19)12-2-4-13(18)5-3-12/h1-6,9,19H,7-8,10H2/b19-15?,21-16-. The van der Waals surface area contributed by atoms with E-state index in [4.69, 9.17) is 17.0 Å². The number of nitrogens with one attached hydrogen (secondary N) is 1. The highest BCUT2D eigenvalue weighted by atomic mass is 35.5. The summed E-state index contributed by atoms with van der Waals surface area (Å²) >= 11 is 5.77. The van der Waals surface area contributed by atoms with Crippen LogP contribution in [0.5, 0.6) is 0 Å². The number of nitro groups is 1. The number of rotatable bonds is 4. The fraction of sp³-hybridized carbons (Fsp3) is 0.188. The Labute approximate surface area is 153 Å². The van der Waals surface area contributed by atoms with Crippen LogP contribution in [0, 0.1) is 21.3 Å². The summed E-state index contributed by atoms with van der Waals surface area (Å²) in [6, 6.07) is 8.78. The fourth-order valence-electron chi connectivity index (χ4n) is 2.63. The number of amidine groups is 1. The lowest BCUT2D eigenvalue weighted by atomic mass is 10.2. The normalized spacial score (nSPS) is 15.5. The molecule has 2 aromatic rings. The van der Waals surface area contributed by atoms with Gasteiger partial charge in [0.2, 0.25) is 0 Å². The number of guanidine groups is 1. The van der Waals surface area contributed by atoms with E-state index in [0.717, 1.165) is 5.56 Å². The molecule has 8 nitrogen and oxygen atoms in total. The van der Waals surface area contributed by atoms with Gasteiger partial charge in [0.15, 0.2) is 5.03 Å². The summed E-state index contributed by atoms with van der Waals surface area (Å²) in [5.74, 6) is -0.347. The summed E-state index contributed by atoms with van der Waals surface area (Å²) in [7, 11) is 0. The van der Waals surface area contributed by atoms with Gasteiger partial charge in [-0.15, -0.1) is 0 Å². The third-order valence-corrected chi connectivity index (χ3v) is 4.06. The summed E-state index contributed by atoms with van der Waals surface area (Å²) in [5.41, 5.74) is 1.25. The Morgan fingerprint density at radius 3 is 2.65 bits per heavy atom. The highest BCUT2D eigenvalue weighted by Crippen LogP contribution is 2.17. The molecule has 1 aromatic heterocycles. The van der Waals surface area contributed by atoms with Crippen LogP contribution >= 0.6 is 11.6 Å². The molecule has 1 aliphatic heterocycles. The van der Waals surface area contributed by atoms with E-state index in [1.807, 2.05) is 0 Å². The maximum Gasteiger partial charge on any atom is 0.280 e. The average molecular weight is 377 g/mol. The summed E-state index contributed by atoms with van der Waals surface area (Å²) in [4.78, 5) is 18.1. The predicted octanol–water partition coefficient (Wildman–Crippen LogP) is 2.56. The molecular formula is C16H14ClFN6O2. The van der Waals surface area contributed by atoms with E-state index in [9.17, 15) is 14.5 Å². The van der Waals surface area contributed by atoms with E-state index < -0.39 is 10.8 Å². The molecule has 10 heteroatoms. The van der Waals surface area contributed by atoms with Crippen molar-refractivity contribution in [2.24, 2.45) is 5.10 Å². The largest absolute Gasteiger partial charge is 0.331 e. The fourth-order valence-corrected chi connectivity index (χ4v) is 2.74. The molecule has 1 N–H and O–H groups in total. The molecule has 1 saturated heterocycles. The minimum absolute atomic E-state index is 0.0160. The van der Waals surface area contributed by atoms with Crippen LogP contribution in [0.2, 0.25) is 5.15 Å². The Morgan fingerprint density at radius 1 is 1.31 bits per heavy atom. The lowest BCUT2D eigenvalue weighted by Gasteiger charge is -2.21. The van der Waals surface area contributed by atoms with Crippen LogP contribution in [-0.2, 0) is 6.54 Å². The molecule has 0 unspecified atom stereocenters. The van der Waals surface area contributed by atoms with Crippen molar-refractivity contribution in [1.29, 1.82) is 5.41 Å². The number of pyridine rings is 1. The Morgan fingerprint density at radius 2 is 2.04 bits per heavy atom. The van der Waals surface area contributed by atoms with Gasteiger partial charge < -0.3 is 4.90 Å². The van der Waals surface area contributed by atoms with Gasteiger partial charge in [0.25, 0.3) is 5.96 Å². The molecule has 134 valence electrons. The van der Waals surface area contributed by atoms with E-state index in [-0.39, 0.29) is 11.8 Å². The molecule has 0 amide bonds. The van der Waals surface area contributed by atoms with E-state index in [1.54, 1.807) is 23.2 Å². The van der Waals surface area contributed by atoms with Gasteiger partial charge in [0.05, 0.1) is 0 Å². The summed E-state index contributed by atoms with van der Waals surface area (Å²) < 4.78 is 13.1. The minimum Gasteiger partial charge on any atom is -0.331 e. The molecule has 0 bridgehead atoms. The lowest BCUT2D eigenvalue weighted by Crippen LogP contribution is -2.38. The highest BCUT2D eigenvalue weighted by Gasteiger charge is 2.33. The molecule has 0 saturated carbocycles. The first kappa shape index (κ1) is 17.7. The Bertz CT molecular complexity index is 856. The number of benzene rings is 1. The topological polar surface area (TPSA) is 98.7 Å². The van der Waals surface area contributed by atoms with Crippen molar-refractivity contribution < 1.29 is 9.42 Å². The number of aromatic nitrogens is 1. The van der Waals surface area contributed by atoms with Crippen molar-refractivity contribution in [1.82, 2.24) is 14.8 Å². The van der Waals surface area contributed by atoms with Crippen LogP contribution in [0.4, 0.5) is 4.39 Å². The maximum atomic E-state index is 13.1. The Hall–Kier alpha value is -3.07. The lowest BCUT2D eigenvalue weighted by molar-refractivity contribution is -0.486. The second-order valence-electron chi connectivity index (χ2n) is 5.56. The first-order valence-corrected chi connectivity index (χ1v) is 8.02. The van der Waals surface area contributed by atoms with Crippen molar-refractivity contribution in [3.8, 4) is 0 Å². The van der Waals surface area contributed by atoms with Crippen LogP contribution in [0.3, 0.4) is 0 Å². The summed E-state index contributed by atoms with van der Waals surface area (Å²) in [5, 5.41) is 22.3. The molecular weight excluding hydrogens is 363 g/mol. The molecule has 0 radical (unpaired) electrons. The van der Waals surface area contributed by atoms with E-state index in [2.05, 4.69) is 10.1 Å². The zero-order chi connectivity index (χ0) is 18.7. The minimum atomic E-state index is -0.793. The van der Waals surface area contributed by atoms with Gasteiger partial charge in [-0.3, -0.25) is 10.3 Å². The molecule has 26 heavy (non-hydrogen) atoms. The third kappa shape index (κ3) is 3.94. The first-order chi connectivity index (χ1) is 12.4. The van der Waals surface area contributed by atoms with Crippen molar-refractivity contribution in [2.45, 2.75) is 6.54 Å². The van der Waals surface area contributed by atoms with Crippen molar-refractivity contribution in [3.63, 3.8) is 0 Å². The molecule has 0 atom stereocenters. The molecule has 3 rings (SSSR count). The smallest absolute Gasteiger partial charge is 0.280 e. The van der Waals surface area contributed by atoms with Gasteiger partial charge in [-0.05, 0) is 35.9 Å². The van der Waals surface area contributed by atoms with Gasteiger partial charge >= 0.3 is 0 Å². The number of hydrazone groups is 1. The van der Waals surface area contributed by atoms with Gasteiger partial charge in [-0.25, -0.2) is 19.5 Å². The monoisotopic (exact) mass is 376 g/mol. The SMILES string of the molecule is N=C(c1ccc(F)cc1)N1CCN(Cc2ccc(Cl)nc2)/C1=N/[N+](=O)[O-]. The number of hydrogen-bond donors (Lipinski definition) is 1. The van der Waals surface area contributed by atoms with Crippen LogP contribution in [-0.4, -0.2) is 44.7 Å². The van der Waals surface area contributed by atoms with Crippen LogP contribution < -0.4 is 0 Å². The zero-order valence-corrected chi connectivity index (χ0v) is 14.2. The van der Waals surface area contributed by atoms with Gasteiger partial charge in [0, 0.05) is 31.4 Å². The second-order valence-corrected chi connectivity index (χ2v) is 5.94. The molecule has 0 aliphatic carbocycles. The zero-order valence-electron chi connectivity index (χ0n) is 13.5. The molecule has 2 heterocycles. The van der Waals surface area contributed by atoms with Crippen molar-refractivity contribution in [2.75, 3.05) is 13.1 Å². The van der Waals surface area contributed by atoms with E-state index >= 15 is 0 Å². The van der Waals surface area contributed by atoms with Crippen molar-refractivity contribution >= 4 is 23.4 Å². The quantitative estimate of drug-likeness (QED) is 0.291. The van der Waals surface area contributed by atoms with E-state index in [1.165, 1.54) is 29.2 Å². The maximum absolute atomic E-state index is 13.1. The highest BCUT2D eigenvalue weighted by molar-refractivity contribution is 6.29. The third-order valence-electron chi connectivity index (χ3n) is 3.84. The summed E-state index contributed by atoms with van der Waals surface area (Å²) in [6.45, 7) is 1.13. The second kappa shape index (κ2) is 7.44. The number of nitrogens with zero attached hydrogens (tertiary/aromatic N) is 5. The molecule has 1 aromatic carbocycles.